The van der Waals surface area contributed by atoms with E-state index in [1.54, 1.807) is 7.11 Å². The van der Waals surface area contributed by atoms with Crippen molar-refractivity contribution in [3.05, 3.63) is 69.0 Å². The monoisotopic (exact) mass is 421 g/mol. The average Bonchev–Trinajstić information content (AvgIpc) is 3.32. The van der Waals surface area contributed by atoms with Crippen LogP contribution in [0.2, 0.25) is 0 Å². The van der Waals surface area contributed by atoms with Gasteiger partial charge in [0.25, 0.3) is 5.56 Å². The fraction of sp³-hybridized carbons (Fsp3) is 0.261. The third-order valence-electron chi connectivity index (χ3n) is 4.72. The van der Waals surface area contributed by atoms with Gasteiger partial charge in [0.15, 0.2) is 5.82 Å². The number of thiazole rings is 1. The van der Waals surface area contributed by atoms with Crippen LogP contribution in [0.5, 0.6) is 11.5 Å². The predicted molar refractivity (Wildman–Crippen MR) is 119 cm³/mol. The van der Waals surface area contributed by atoms with Gasteiger partial charge >= 0.3 is 0 Å². The van der Waals surface area contributed by atoms with E-state index < -0.39 is 0 Å². The van der Waals surface area contributed by atoms with Crippen molar-refractivity contribution in [1.29, 1.82) is 0 Å². The molecule has 0 N–H and O–H groups in total. The number of benzene rings is 2. The van der Waals surface area contributed by atoms with Crippen LogP contribution in [-0.2, 0) is 0 Å². The maximum Gasteiger partial charge on any atom is 0.291 e. The SMILES string of the molecule is CCCCCOc1ccc(-c2nc3s/c(=C\c4ccc(OC)cc4)c(=O)n3n2)cc1. The molecule has 0 amide bonds. The summed E-state index contributed by atoms with van der Waals surface area (Å²) in [5.41, 5.74) is 1.61. The third-order valence-corrected chi connectivity index (χ3v) is 5.68. The van der Waals surface area contributed by atoms with E-state index in [4.69, 9.17) is 9.47 Å². The number of unbranched alkanes of at least 4 members (excludes halogenated alkanes) is 2. The fourth-order valence-corrected chi connectivity index (χ4v) is 3.96. The number of ether oxygens (including phenoxy) is 2. The van der Waals surface area contributed by atoms with Crippen LogP contribution in [0, 0.1) is 0 Å². The molecule has 0 atom stereocenters. The molecule has 0 fully saturated rings. The van der Waals surface area contributed by atoms with Gasteiger partial charge in [0.1, 0.15) is 11.5 Å². The molecule has 7 heteroatoms. The number of hydrogen-bond donors (Lipinski definition) is 0. The molecule has 0 spiro atoms. The quantitative estimate of drug-likeness (QED) is 0.403. The van der Waals surface area contributed by atoms with E-state index in [9.17, 15) is 4.79 Å². The first kappa shape index (κ1) is 20.1. The highest BCUT2D eigenvalue weighted by atomic mass is 32.1. The van der Waals surface area contributed by atoms with Crippen LogP contribution in [0.3, 0.4) is 0 Å². The summed E-state index contributed by atoms with van der Waals surface area (Å²) in [6.45, 7) is 2.89. The Bertz CT molecular complexity index is 1230. The summed E-state index contributed by atoms with van der Waals surface area (Å²) >= 11 is 1.33. The summed E-state index contributed by atoms with van der Waals surface area (Å²) in [4.78, 5) is 17.8. The highest BCUT2D eigenvalue weighted by molar-refractivity contribution is 7.15. The Morgan fingerprint density at radius 1 is 1.03 bits per heavy atom. The van der Waals surface area contributed by atoms with Crippen LogP contribution in [-0.4, -0.2) is 28.3 Å². The second-order valence-electron chi connectivity index (χ2n) is 6.90. The highest BCUT2D eigenvalue weighted by Gasteiger charge is 2.12. The van der Waals surface area contributed by atoms with Crippen molar-refractivity contribution in [2.45, 2.75) is 26.2 Å². The Morgan fingerprint density at radius 2 is 1.77 bits per heavy atom. The summed E-state index contributed by atoms with van der Waals surface area (Å²) in [5.74, 6) is 2.14. The molecule has 2 aromatic heterocycles. The lowest BCUT2D eigenvalue weighted by Gasteiger charge is -2.05. The summed E-state index contributed by atoms with van der Waals surface area (Å²) in [7, 11) is 1.63. The molecule has 0 saturated carbocycles. The zero-order valence-corrected chi connectivity index (χ0v) is 17.8. The van der Waals surface area contributed by atoms with E-state index in [0.29, 0.717) is 15.3 Å². The van der Waals surface area contributed by atoms with Gasteiger partial charge in [0.05, 0.1) is 18.2 Å². The molecule has 0 aliphatic rings. The normalized spacial score (nSPS) is 11.9. The van der Waals surface area contributed by atoms with Crippen LogP contribution in [0.1, 0.15) is 31.7 Å². The van der Waals surface area contributed by atoms with Crippen molar-refractivity contribution in [1.82, 2.24) is 14.6 Å². The Kier molecular flexibility index (Phi) is 6.09. The second-order valence-corrected chi connectivity index (χ2v) is 7.91. The van der Waals surface area contributed by atoms with Crippen molar-refractivity contribution >= 4 is 22.4 Å². The van der Waals surface area contributed by atoms with Gasteiger partial charge in [-0.3, -0.25) is 4.79 Å². The molecule has 0 bridgehead atoms. The van der Waals surface area contributed by atoms with Crippen LogP contribution < -0.4 is 19.6 Å². The number of rotatable bonds is 8. The van der Waals surface area contributed by atoms with Gasteiger partial charge in [-0.1, -0.05) is 43.2 Å². The van der Waals surface area contributed by atoms with Crippen molar-refractivity contribution in [3.63, 3.8) is 0 Å². The molecule has 2 aromatic carbocycles. The van der Waals surface area contributed by atoms with Crippen molar-refractivity contribution in [3.8, 4) is 22.9 Å². The molecule has 0 aliphatic heterocycles. The first-order chi connectivity index (χ1) is 14.7. The molecule has 0 radical (unpaired) electrons. The van der Waals surface area contributed by atoms with Gasteiger partial charge in [-0.25, -0.2) is 0 Å². The number of aromatic nitrogens is 3. The van der Waals surface area contributed by atoms with Gasteiger partial charge in [-0.05, 0) is 54.5 Å². The Balaban J connectivity index is 1.54. The predicted octanol–water partition coefficient (Wildman–Crippen LogP) is 3.94. The average molecular weight is 422 g/mol. The maximum absolute atomic E-state index is 12.7. The molecule has 0 unspecified atom stereocenters. The molecule has 0 aliphatic carbocycles. The van der Waals surface area contributed by atoms with Crippen LogP contribution in [0.4, 0.5) is 0 Å². The van der Waals surface area contributed by atoms with E-state index in [0.717, 1.165) is 35.7 Å². The number of fused-ring (bicyclic) bond motifs is 1. The molecule has 2 heterocycles. The minimum absolute atomic E-state index is 0.166. The van der Waals surface area contributed by atoms with Crippen LogP contribution in [0.15, 0.2) is 53.3 Å². The number of methoxy groups -OCH3 is 1. The van der Waals surface area contributed by atoms with Crippen LogP contribution >= 0.6 is 11.3 Å². The molecule has 154 valence electrons. The molecule has 0 saturated heterocycles. The van der Waals surface area contributed by atoms with Gasteiger partial charge < -0.3 is 9.47 Å². The Hall–Kier alpha value is -3.19. The first-order valence-corrected chi connectivity index (χ1v) is 10.8. The van der Waals surface area contributed by atoms with E-state index in [1.165, 1.54) is 28.7 Å². The molecule has 4 rings (SSSR count). The first-order valence-electron chi connectivity index (χ1n) is 9.96. The zero-order valence-electron chi connectivity index (χ0n) is 17.0. The van der Waals surface area contributed by atoms with Gasteiger partial charge in [0, 0.05) is 5.56 Å². The molecular weight excluding hydrogens is 398 g/mol. The topological polar surface area (TPSA) is 65.7 Å². The minimum Gasteiger partial charge on any atom is -0.497 e. The largest absolute Gasteiger partial charge is 0.497 e. The Morgan fingerprint density at radius 3 is 2.43 bits per heavy atom. The standard InChI is InChI=1S/C23H23N3O3S/c1-3-4-5-14-29-19-12-8-17(9-13-19)21-24-23-26(25-21)22(27)20(30-23)15-16-6-10-18(28-2)11-7-16/h6-13,15H,3-5,14H2,1-2H3/b20-15-. The molecule has 4 aromatic rings. The number of nitrogens with zero attached hydrogens (tertiary/aromatic N) is 3. The van der Waals surface area contributed by atoms with Gasteiger partial charge in [-0.2, -0.15) is 9.50 Å². The number of hydrogen-bond acceptors (Lipinski definition) is 6. The smallest absolute Gasteiger partial charge is 0.291 e. The van der Waals surface area contributed by atoms with E-state index in [-0.39, 0.29) is 5.56 Å². The lowest BCUT2D eigenvalue weighted by atomic mass is 10.2. The maximum atomic E-state index is 12.7. The minimum atomic E-state index is -0.166. The lowest BCUT2D eigenvalue weighted by Crippen LogP contribution is -2.23. The van der Waals surface area contributed by atoms with Gasteiger partial charge in [-0.15, -0.1) is 5.10 Å². The molecule has 30 heavy (non-hydrogen) atoms. The molecule has 6 nitrogen and oxygen atoms in total. The summed E-state index contributed by atoms with van der Waals surface area (Å²) in [6.07, 6.45) is 5.24. The fourth-order valence-electron chi connectivity index (χ4n) is 3.05. The summed E-state index contributed by atoms with van der Waals surface area (Å²) in [6, 6.07) is 15.2. The van der Waals surface area contributed by atoms with Crippen LogP contribution in [0.25, 0.3) is 22.4 Å². The van der Waals surface area contributed by atoms with Crippen molar-refractivity contribution < 1.29 is 9.47 Å². The van der Waals surface area contributed by atoms with E-state index in [2.05, 4.69) is 17.0 Å². The van der Waals surface area contributed by atoms with Crippen molar-refractivity contribution in [2.75, 3.05) is 13.7 Å². The summed E-state index contributed by atoms with van der Waals surface area (Å²) < 4.78 is 12.9. The third kappa shape index (κ3) is 4.36. The molecular formula is C23H23N3O3S. The Labute approximate surface area is 178 Å². The van der Waals surface area contributed by atoms with Gasteiger partial charge in [0.2, 0.25) is 4.96 Å². The van der Waals surface area contributed by atoms with Crippen molar-refractivity contribution in [2.24, 2.45) is 0 Å². The lowest BCUT2D eigenvalue weighted by molar-refractivity contribution is 0.306. The van der Waals surface area contributed by atoms with E-state index >= 15 is 0 Å². The second kappa shape index (κ2) is 9.09. The summed E-state index contributed by atoms with van der Waals surface area (Å²) in [5, 5.41) is 4.41. The zero-order chi connectivity index (χ0) is 20.9. The highest BCUT2D eigenvalue weighted by Crippen LogP contribution is 2.21. The van der Waals surface area contributed by atoms with E-state index in [1.807, 2.05) is 54.6 Å².